The van der Waals surface area contributed by atoms with Gasteiger partial charge in [-0.3, -0.25) is 4.79 Å². The smallest absolute Gasteiger partial charge is 0.406 e. The van der Waals surface area contributed by atoms with Crippen molar-refractivity contribution in [3.63, 3.8) is 0 Å². The molecule has 1 aliphatic carbocycles. The Morgan fingerprint density at radius 3 is 2.24 bits per heavy atom. The van der Waals surface area contributed by atoms with E-state index in [-0.39, 0.29) is 23.3 Å². The van der Waals surface area contributed by atoms with Crippen LogP contribution in [0.4, 0.5) is 26.3 Å². The fourth-order valence-electron chi connectivity index (χ4n) is 3.26. The molecular formula is C21H15F6N7O3. The Kier molecular flexibility index (Phi) is 6.63. The van der Waals surface area contributed by atoms with Crippen LogP contribution in [0.15, 0.2) is 30.6 Å². The van der Waals surface area contributed by atoms with Gasteiger partial charge in [0.1, 0.15) is 29.6 Å². The van der Waals surface area contributed by atoms with Gasteiger partial charge < -0.3 is 14.8 Å². The Morgan fingerprint density at radius 2 is 1.70 bits per heavy atom. The van der Waals surface area contributed by atoms with Gasteiger partial charge in [0.2, 0.25) is 0 Å². The number of aromatic nitrogens is 5. The minimum absolute atomic E-state index is 0.0368. The van der Waals surface area contributed by atoms with Crippen LogP contribution in [0, 0.1) is 11.3 Å². The first-order chi connectivity index (χ1) is 17.3. The first-order valence-electron chi connectivity index (χ1n) is 10.5. The van der Waals surface area contributed by atoms with Crippen LogP contribution in [0.1, 0.15) is 59.4 Å². The van der Waals surface area contributed by atoms with Gasteiger partial charge in [0.05, 0.1) is 6.04 Å². The summed E-state index contributed by atoms with van der Waals surface area (Å²) in [6, 6.07) is 3.82. The van der Waals surface area contributed by atoms with Crippen LogP contribution in [-0.2, 0) is 0 Å². The molecule has 2 heterocycles. The van der Waals surface area contributed by atoms with Crippen molar-refractivity contribution >= 4 is 5.91 Å². The highest BCUT2D eigenvalue weighted by atomic mass is 19.4. The van der Waals surface area contributed by atoms with Gasteiger partial charge >= 0.3 is 12.7 Å². The number of nitrogens with zero attached hydrogens (tertiary/aromatic N) is 6. The third-order valence-electron chi connectivity index (χ3n) is 4.92. The second-order valence-corrected chi connectivity index (χ2v) is 7.87. The van der Waals surface area contributed by atoms with Crippen molar-refractivity contribution in [1.82, 2.24) is 30.0 Å². The molecule has 0 bridgehead atoms. The standard InChI is InChI=1S/C21H15F6N7O3/c1-10(18-32-17(11-2-3-11)33-34(18)16-6-13(8-28)29-9-30-16)31-19(35)12-4-14(36-20(22,23)24)7-15(5-12)37-21(25,26)27/h4-7,9-11H,2-3H2,1H3,(H,31,35)/t10-/m0/s1. The SMILES string of the molecule is C[C@H](NC(=O)c1cc(OC(F)(F)F)cc(OC(F)(F)F)c1)c1nc(C2CC2)nn1-c1cc(C#N)ncn1. The molecule has 0 aliphatic heterocycles. The zero-order chi connectivity index (χ0) is 27.0. The van der Waals surface area contributed by atoms with Gasteiger partial charge in [-0.15, -0.1) is 31.4 Å². The van der Waals surface area contributed by atoms with E-state index in [2.05, 4.69) is 34.8 Å². The molecule has 0 spiro atoms. The van der Waals surface area contributed by atoms with Crippen LogP contribution in [0.3, 0.4) is 0 Å². The van der Waals surface area contributed by atoms with Crippen molar-refractivity contribution in [2.75, 3.05) is 0 Å². The number of carbonyl (C=O) groups is 1. The summed E-state index contributed by atoms with van der Waals surface area (Å²) in [4.78, 5) is 25.1. The number of nitrogens with one attached hydrogen (secondary N) is 1. The largest absolute Gasteiger partial charge is 0.573 e. The van der Waals surface area contributed by atoms with Crippen LogP contribution >= 0.6 is 0 Å². The topological polar surface area (TPSA) is 128 Å². The van der Waals surface area contributed by atoms with E-state index in [0.717, 1.165) is 19.2 Å². The fraction of sp³-hybridized carbons (Fsp3) is 0.333. The molecule has 1 aromatic carbocycles. The maximum atomic E-state index is 12.9. The third-order valence-corrected chi connectivity index (χ3v) is 4.92. The number of nitriles is 1. The summed E-state index contributed by atoms with van der Waals surface area (Å²) in [5.41, 5.74) is -0.565. The van der Waals surface area contributed by atoms with Crippen LogP contribution < -0.4 is 14.8 Å². The zero-order valence-corrected chi connectivity index (χ0v) is 18.6. The third kappa shape index (κ3) is 6.63. The number of ether oxygens (including phenoxy) is 2. The van der Waals surface area contributed by atoms with Gasteiger partial charge in [-0.1, -0.05) is 0 Å². The molecule has 1 amide bonds. The quantitative estimate of drug-likeness (QED) is 0.455. The van der Waals surface area contributed by atoms with E-state index in [1.54, 1.807) is 0 Å². The molecule has 37 heavy (non-hydrogen) atoms. The van der Waals surface area contributed by atoms with Crippen molar-refractivity contribution in [3.8, 4) is 23.4 Å². The molecule has 10 nitrogen and oxygen atoms in total. The van der Waals surface area contributed by atoms with E-state index in [9.17, 15) is 31.1 Å². The van der Waals surface area contributed by atoms with Gasteiger partial charge in [0.25, 0.3) is 5.91 Å². The summed E-state index contributed by atoms with van der Waals surface area (Å²) >= 11 is 0. The van der Waals surface area contributed by atoms with Crippen molar-refractivity contribution in [2.45, 2.75) is 44.4 Å². The molecule has 2 aromatic heterocycles. The number of halogens is 6. The monoisotopic (exact) mass is 527 g/mol. The summed E-state index contributed by atoms with van der Waals surface area (Å²) < 4.78 is 84.7. The molecule has 1 N–H and O–H groups in total. The molecule has 194 valence electrons. The maximum absolute atomic E-state index is 12.9. The second kappa shape index (κ2) is 9.56. The second-order valence-electron chi connectivity index (χ2n) is 7.87. The lowest BCUT2D eigenvalue weighted by Gasteiger charge is -2.17. The lowest BCUT2D eigenvalue weighted by atomic mass is 10.1. The van der Waals surface area contributed by atoms with Gasteiger partial charge in [-0.05, 0) is 31.9 Å². The maximum Gasteiger partial charge on any atom is 0.573 e. The molecule has 0 saturated heterocycles. The number of amides is 1. The van der Waals surface area contributed by atoms with Crippen LogP contribution in [0.25, 0.3) is 5.82 Å². The number of hydrogen-bond donors (Lipinski definition) is 1. The van der Waals surface area contributed by atoms with Gasteiger partial charge in [-0.2, -0.15) is 9.94 Å². The predicted octanol–water partition coefficient (Wildman–Crippen LogP) is 4.09. The Labute approximate surface area is 203 Å². The van der Waals surface area contributed by atoms with Gasteiger partial charge in [0, 0.05) is 23.6 Å². The highest BCUT2D eigenvalue weighted by Crippen LogP contribution is 2.39. The van der Waals surface area contributed by atoms with Crippen molar-refractivity contribution in [1.29, 1.82) is 5.26 Å². The first-order valence-corrected chi connectivity index (χ1v) is 10.5. The van der Waals surface area contributed by atoms with E-state index in [1.807, 2.05) is 6.07 Å². The van der Waals surface area contributed by atoms with Crippen LogP contribution in [0.2, 0.25) is 0 Å². The highest BCUT2D eigenvalue weighted by Gasteiger charge is 2.35. The lowest BCUT2D eigenvalue weighted by molar-refractivity contribution is -0.276. The number of hydrogen-bond acceptors (Lipinski definition) is 8. The van der Waals surface area contributed by atoms with Crippen LogP contribution in [-0.4, -0.2) is 43.4 Å². The van der Waals surface area contributed by atoms with Crippen LogP contribution in [0.5, 0.6) is 11.5 Å². The minimum Gasteiger partial charge on any atom is -0.406 e. The normalized spacial score (nSPS) is 14.5. The first kappa shape index (κ1) is 25.7. The van der Waals surface area contributed by atoms with Crippen molar-refractivity contribution < 1.29 is 40.6 Å². The number of alkyl halides is 6. The van der Waals surface area contributed by atoms with Gasteiger partial charge in [0.15, 0.2) is 17.5 Å². The number of carbonyl (C=O) groups excluding carboxylic acids is 1. The highest BCUT2D eigenvalue weighted by molar-refractivity contribution is 5.95. The van der Waals surface area contributed by atoms with E-state index >= 15 is 0 Å². The summed E-state index contributed by atoms with van der Waals surface area (Å²) in [5.74, 6) is -2.36. The lowest BCUT2D eigenvalue weighted by Crippen LogP contribution is -2.29. The van der Waals surface area contributed by atoms with E-state index in [0.29, 0.717) is 24.0 Å². The van der Waals surface area contributed by atoms with Crippen molar-refractivity contribution in [2.24, 2.45) is 0 Å². The van der Waals surface area contributed by atoms with E-state index in [1.165, 1.54) is 17.7 Å². The molecule has 0 unspecified atom stereocenters. The molecule has 1 aliphatic rings. The molecule has 16 heteroatoms. The summed E-state index contributed by atoms with van der Waals surface area (Å²) in [6.45, 7) is 1.48. The molecule has 4 rings (SSSR count). The number of benzene rings is 1. The summed E-state index contributed by atoms with van der Waals surface area (Å²) in [7, 11) is 0. The molecule has 1 fully saturated rings. The van der Waals surface area contributed by atoms with E-state index in [4.69, 9.17) is 5.26 Å². The Hall–Kier alpha value is -4.42. The Balaban J connectivity index is 1.64. The fourth-order valence-corrected chi connectivity index (χ4v) is 3.26. The van der Waals surface area contributed by atoms with Crippen molar-refractivity contribution in [3.05, 3.63) is 53.5 Å². The van der Waals surface area contributed by atoms with Gasteiger partial charge in [-0.25, -0.2) is 15.0 Å². The average molecular weight is 527 g/mol. The minimum atomic E-state index is -5.23. The number of rotatable bonds is 7. The molecule has 1 atom stereocenters. The van der Waals surface area contributed by atoms with E-state index < -0.39 is 41.7 Å². The summed E-state index contributed by atoms with van der Waals surface area (Å²) in [6.07, 6.45) is -7.65. The molecule has 1 saturated carbocycles. The summed E-state index contributed by atoms with van der Waals surface area (Å²) in [5, 5.41) is 16.0. The average Bonchev–Trinajstić information content (AvgIpc) is 3.54. The Bertz CT molecular complexity index is 1330. The predicted molar refractivity (Wildman–Crippen MR) is 109 cm³/mol. The zero-order valence-electron chi connectivity index (χ0n) is 18.6. The molecule has 3 aromatic rings. The molecule has 0 radical (unpaired) electrons. The molecular weight excluding hydrogens is 512 g/mol. The Morgan fingerprint density at radius 1 is 1.08 bits per heavy atom.